The molecular formula is C23H24N4O3. The van der Waals surface area contributed by atoms with Gasteiger partial charge in [0.15, 0.2) is 0 Å². The molecule has 2 N–H and O–H groups in total. The fourth-order valence-corrected chi connectivity index (χ4v) is 2.98. The van der Waals surface area contributed by atoms with E-state index < -0.39 is 5.91 Å². The van der Waals surface area contributed by atoms with Crippen molar-refractivity contribution < 1.29 is 14.3 Å². The minimum Gasteiger partial charge on any atom is -0.497 e. The van der Waals surface area contributed by atoms with E-state index in [9.17, 15) is 9.59 Å². The zero-order valence-corrected chi connectivity index (χ0v) is 17.4. The van der Waals surface area contributed by atoms with E-state index in [1.165, 1.54) is 6.92 Å². The molecule has 0 spiro atoms. The summed E-state index contributed by atoms with van der Waals surface area (Å²) >= 11 is 0. The molecule has 0 bridgehead atoms. The molecule has 0 fully saturated rings. The van der Waals surface area contributed by atoms with Crippen LogP contribution in [0.3, 0.4) is 0 Å². The van der Waals surface area contributed by atoms with Gasteiger partial charge in [-0.1, -0.05) is 0 Å². The second-order valence-electron chi connectivity index (χ2n) is 6.82. The number of anilines is 1. The predicted molar refractivity (Wildman–Crippen MR) is 117 cm³/mol. The average molecular weight is 404 g/mol. The lowest BCUT2D eigenvalue weighted by atomic mass is 10.2. The van der Waals surface area contributed by atoms with Crippen molar-refractivity contribution in [3.05, 3.63) is 77.6 Å². The molecule has 2 aromatic carbocycles. The number of carbonyl (C=O) groups is 2. The number of ether oxygens (including phenoxy) is 1. The molecule has 0 saturated heterocycles. The summed E-state index contributed by atoms with van der Waals surface area (Å²) in [6.07, 6.45) is 0. The lowest BCUT2D eigenvalue weighted by Crippen LogP contribution is -2.25. The van der Waals surface area contributed by atoms with Crippen molar-refractivity contribution in [2.45, 2.75) is 20.8 Å². The van der Waals surface area contributed by atoms with Gasteiger partial charge < -0.3 is 14.6 Å². The fraction of sp³-hybridized carbons (Fsp3) is 0.174. The summed E-state index contributed by atoms with van der Waals surface area (Å²) in [5.41, 5.74) is 6.83. The molecule has 0 aliphatic carbocycles. The highest BCUT2D eigenvalue weighted by atomic mass is 16.5. The van der Waals surface area contributed by atoms with Crippen LogP contribution in [0.15, 0.2) is 65.8 Å². The standard InChI is InChI=1S/C23H24N4O3/c1-15-5-6-16(2)27(15)20-11-7-18(8-12-20)23(29)26-25-17(3)22(28)24-19-9-13-21(30-4)14-10-19/h5-14H,1-4H3,(H,24,28)(H,26,29)/b25-17+. The molecule has 2 amide bonds. The third-order valence-corrected chi connectivity index (χ3v) is 4.66. The summed E-state index contributed by atoms with van der Waals surface area (Å²) in [6.45, 7) is 5.59. The molecule has 0 atom stereocenters. The average Bonchev–Trinajstić information content (AvgIpc) is 3.10. The first kappa shape index (κ1) is 20.9. The van der Waals surface area contributed by atoms with Gasteiger partial charge in [0.25, 0.3) is 11.8 Å². The van der Waals surface area contributed by atoms with Crippen LogP contribution in [0.1, 0.15) is 28.7 Å². The Balaban J connectivity index is 1.62. The van der Waals surface area contributed by atoms with Crippen molar-refractivity contribution in [2.24, 2.45) is 5.10 Å². The molecule has 30 heavy (non-hydrogen) atoms. The highest BCUT2D eigenvalue weighted by Gasteiger charge is 2.10. The van der Waals surface area contributed by atoms with Crippen molar-refractivity contribution in [1.29, 1.82) is 0 Å². The van der Waals surface area contributed by atoms with Gasteiger partial charge in [0.2, 0.25) is 0 Å². The van der Waals surface area contributed by atoms with Crippen molar-refractivity contribution in [3.63, 3.8) is 0 Å². The summed E-state index contributed by atoms with van der Waals surface area (Å²) in [7, 11) is 1.57. The minimum atomic E-state index is -0.408. The van der Waals surface area contributed by atoms with Gasteiger partial charge in [-0.2, -0.15) is 5.10 Å². The predicted octanol–water partition coefficient (Wildman–Crippen LogP) is 3.85. The Labute approximate surface area is 175 Å². The maximum atomic E-state index is 12.4. The fourth-order valence-electron chi connectivity index (χ4n) is 2.98. The number of benzene rings is 2. The Morgan fingerprint density at radius 1 is 0.900 bits per heavy atom. The number of aryl methyl sites for hydroxylation is 2. The van der Waals surface area contributed by atoms with E-state index >= 15 is 0 Å². The number of hydrogen-bond acceptors (Lipinski definition) is 4. The van der Waals surface area contributed by atoms with Crippen molar-refractivity contribution in [3.8, 4) is 11.4 Å². The first-order chi connectivity index (χ1) is 14.4. The van der Waals surface area contributed by atoms with Gasteiger partial charge in [0, 0.05) is 28.3 Å². The highest BCUT2D eigenvalue weighted by molar-refractivity contribution is 6.42. The van der Waals surface area contributed by atoms with Crippen LogP contribution in [0, 0.1) is 13.8 Å². The first-order valence-electron chi connectivity index (χ1n) is 9.44. The topological polar surface area (TPSA) is 84.7 Å². The van der Waals surface area contributed by atoms with E-state index in [4.69, 9.17) is 4.74 Å². The van der Waals surface area contributed by atoms with Crippen LogP contribution in [-0.4, -0.2) is 29.2 Å². The molecule has 154 valence electrons. The molecule has 3 aromatic rings. The zero-order valence-electron chi connectivity index (χ0n) is 17.4. The SMILES string of the molecule is COc1ccc(NC(=O)/C(C)=N/NC(=O)c2ccc(-n3c(C)ccc3C)cc2)cc1. The number of hydrazone groups is 1. The molecule has 0 unspecified atom stereocenters. The van der Waals surface area contributed by atoms with Crippen LogP contribution in [0.2, 0.25) is 0 Å². The number of rotatable bonds is 6. The van der Waals surface area contributed by atoms with Crippen molar-refractivity contribution in [2.75, 3.05) is 12.4 Å². The van der Waals surface area contributed by atoms with Crippen LogP contribution < -0.4 is 15.5 Å². The summed E-state index contributed by atoms with van der Waals surface area (Å²) in [5, 5.41) is 6.62. The van der Waals surface area contributed by atoms with Gasteiger partial charge in [-0.15, -0.1) is 0 Å². The zero-order chi connectivity index (χ0) is 21.7. The molecular weight excluding hydrogens is 380 g/mol. The third-order valence-electron chi connectivity index (χ3n) is 4.66. The number of methoxy groups -OCH3 is 1. The molecule has 1 heterocycles. The van der Waals surface area contributed by atoms with Gasteiger partial charge in [-0.3, -0.25) is 9.59 Å². The van der Waals surface area contributed by atoms with Crippen LogP contribution in [-0.2, 0) is 4.79 Å². The molecule has 0 aliphatic rings. The molecule has 0 radical (unpaired) electrons. The molecule has 7 nitrogen and oxygen atoms in total. The first-order valence-corrected chi connectivity index (χ1v) is 9.44. The van der Waals surface area contributed by atoms with Crippen molar-refractivity contribution in [1.82, 2.24) is 9.99 Å². The van der Waals surface area contributed by atoms with Crippen LogP contribution in [0.25, 0.3) is 5.69 Å². The Kier molecular flexibility index (Phi) is 6.32. The van der Waals surface area contributed by atoms with Gasteiger partial charge in [0.1, 0.15) is 11.5 Å². The lowest BCUT2D eigenvalue weighted by Gasteiger charge is -2.10. The summed E-state index contributed by atoms with van der Waals surface area (Å²) in [4.78, 5) is 24.6. The van der Waals surface area contributed by atoms with Gasteiger partial charge in [-0.05, 0) is 81.4 Å². The second-order valence-corrected chi connectivity index (χ2v) is 6.82. The highest BCUT2D eigenvalue weighted by Crippen LogP contribution is 2.17. The minimum absolute atomic E-state index is 0.134. The summed E-state index contributed by atoms with van der Waals surface area (Å²) in [6, 6.07) is 18.2. The number of amides is 2. The lowest BCUT2D eigenvalue weighted by molar-refractivity contribution is -0.110. The Morgan fingerprint density at radius 2 is 1.50 bits per heavy atom. The molecule has 0 aliphatic heterocycles. The Hall–Kier alpha value is -3.87. The smallest absolute Gasteiger partial charge is 0.271 e. The van der Waals surface area contributed by atoms with Crippen LogP contribution in [0.4, 0.5) is 5.69 Å². The van der Waals surface area contributed by atoms with E-state index in [0.29, 0.717) is 17.0 Å². The maximum absolute atomic E-state index is 12.4. The number of hydrogen-bond donors (Lipinski definition) is 2. The maximum Gasteiger partial charge on any atom is 0.271 e. The third kappa shape index (κ3) is 4.75. The monoisotopic (exact) mass is 404 g/mol. The van der Waals surface area contributed by atoms with E-state index in [-0.39, 0.29) is 11.6 Å². The molecule has 7 heteroatoms. The van der Waals surface area contributed by atoms with Crippen LogP contribution >= 0.6 is 0 Å². The van der Waals surface area contributed by atoms with E-state index in [1.807, 2.05) is 38.1 Å². The molecule has 1 aromatic heterocycles. The Morgan fingerprint density at radius 3 is 2.07 bits per heavy atom. The largest absolute Gasteiger partial charge is 0.497 e. The van der Waals surface area contributed by atoms with Gasteiger partial charge in [-0.25, -0.2) is 5.43 Å². The van der Waals surface area contributed by atoms with Gasteiger partial charge in [0.05, 0.1) is 7.11 Å². The summed E-state index contributed by atoms with van der Waals surface area (Å²) in [5.74, 6) is -0.104. The second kappa shape index (κ2) is 9.09. The van der Waals surface area contributed by atoms with E-state index in [1.54, 1.807) is 43.5 Å². The molecule has 3 rings (SSSR count). The number of nitrogens with one attached hydrogen (secondary N) is 2. The van der Waals surface area contributed by atoms with E-state index in [0.717, 1.165) is 17.1 Å². The Bertz CT molecular complexity index is 1060. The summed E-state index contributed by atoms with van der Waals surface area (Å²) < 4.78 is 7.19. The van der Waals surface area contributed by atoms with E-state index in [2.05, 4.69) is 20.4 Å². The number of nitrogens with zero attached hydrogens (tertiary/aromatic N) is 2. The van der Waals surface area contributed by atoms with Crippen molar-refractivity contribution >= 4 is 23.2 Å². The van der Waals surface area contributed by atoms with Gasteiger partial charge >= 0.3 is 0 Å². The number of carbonyl (C=O) groups excluding carboxylic acids is 2. The number of aromatic nitrogens is 1. The van der Waals surface area contributed by atoms with Crippen LogP contribution in [0.5, 0.6) is 5.75 Å². The molecule has 0 saturated carbocycles. The normalized spacial score (nSPS) is 11.1. The quantitative estimate of drug-likeness (QED) is 0.483.